The molecule has 4 nitrogen and oxygen atoms in total. The number of rotatable bonds is 2. The summed E-state index contributed by atoms with van der Waals surface area (Å²) in [4.78, 5) is 14.5. The van der Waals surface area contributed by atoms with Gasteiger partial charge in [-0.1, -0.05) is 12.2 Å². The van der Waals surface area contributed by atoms with Gasteiger partial charge in [0.2, 0.25) is 0 Å². The second kappa shape index (κ2) is 4.87. The normalized spacial score (nSPS) is 20.3. The van der Waals surface area contributed by atoms with Gasteiger partial charge in [-0.3, -0.25) is 4.79 Å². The van der Waals surface area contributed by atoms with Crippen molar-refractivity contribution in [3.63, 3.8) is 0 Å². The molecule has 1 atom stereocenters. The summed E-state index contributed by atoms with van der Waals surface area (Å²) in [6.07, 6.45) is 3.46. The van der Waals surface area contributed by atoms with Crippen LogP contribution >= 0.6 is 12.2 Å². The van der Waals surface area contributed by atoms with Crippen LogP contribution < -0.4 is 5.73 Å². The molecule has 0 saturated carbocycles. The van der Waals surface area contributed by atoms with Gasteiger partial charge in [-0.05, 0) is 25.8 Å². The average Bonchev–Trinajstić information content (AvgIpc) is 2.74. The van der Waals surface area contributed by atoms with E-state index in [1.165, 1.54) is 6.26 Å². The molecular formula is C12H16N2O2S. The quantitative estimate of drug-likeness (QED) is 0.814. The summed E-state index contributed by atoms with van der Waals surface area (Å²) in [5.41, 5.74) is 6.29. The third-order valence-electron chi connectivity index (χ3n) is 3.20. The number of piperidine rings is 1. The van der Waals surface area contributed by atoms with Gasteiger partial charge < -0.3 is 15.1 Å². The number of hydrogen-bond donors (Lipinski definition) is 1. The lowest BCUT2D eigenvalue weighted by molar-refractivity contribution is 0.0702. The largest absolute Gasteiger partial charge is 0.469 e. The van der Waals surface area contributed by atoms with E-state index in [9.17, 15) is 4.79 Å². The molecule has 17 heavy (non-hydrogen) atoms. The molecule has 2 N–H and O–H groups in total. The van der Waals surface area contributed by atoms with E-state index in [1.54, 1.807) is 13.0 Å². The highest BCUT2D eigenvalue weighted by atomic mass is 32.1. The van der Waals surface area contributed by atoms with Gasteiger partial charge in [-0.25, -0.2) is 0 Å². The Hall–Kier alpha value is -1.36. The van der Waals surface area contributed by atoms with Crippen molar-refractivity contribution in [3.8, 4) is 0 Å². The number of amides is 1. The lowest BCUT2D eigenvalue weighted by atomic mass is 9.97. The molecule has 2 rings (SSSR count). The molecule has 0 bridgehead atoms. The SMILES string of the molecule is Cc1occc1C(=O)N1CCCC(C(N)=S)C1. The van der Waals surface area contributed by atoms with Gasteiger partial charge in [-0.15, -0.1) is 0 Å². The van der Waals surface area contributed by atoms with Crippen molar-refractivity contribution in [1.82, 2.24) is 4.90 Å². The molecule has 92 valence electrons. The highest BCUT2D eigenvalue weighted by molar-refractivity contribution is 7.80. The molecule has 2 heterocycles. The first kappa shape index (κ1) is 12.1. The number of aryl methyl sites for hydroxylation is 1. The van der Waals surface area contributed by atoms with Crippen molar-refractivity contribution < 1.29 is 9.21 Å². The van der Waals surface area contributed by atoms with Crippen molar-refractivity contribution in [2.45, 2.75) is 19.8 Å². The van der Waals surface area contributed by atoms with Crippen molar-refractivity contribution >= 4 is 23.1 Å². The van der Waals surface area contributed by atoms with Crippen LogP contribution in [0.2, 0.25) is 0 Å². The first-order valence-corrected chi connectivity index (χ1v) is 6.13. The zero-order valence-electron chi connectivity index (χ0n) is 9.81. The molecule has 0 spiro atoms. The van der Waals surface area contributed by atoms with Gasteiger partial charge in [0.25, 0.3) is 5.91 Å². The maximum Gasteiger partial charge on any atom is 0.257 e. The zero-order valence-corrected chi connectivity index (χ0v) is 10.6. The Morgan fingerprint density at radius 1 is 1.65 bits per heavy atom. The molecule has 1 amide bonds. The lowest BCUT2D eigenvalue weighted by Gasteiger charge is -2.32. The lowest BCUT2D eigenvalue weighted by Crippen LogP contribution is -2.43. The number of hydrogen-bond acceptors (Lipinski definition) is 3. The molecule has 0 aliphatic carbocycles. The summed E-state index contributed by atoms with van der Waals surface area (Å²) in [5.74, 6) is 0.819. The summed E-state index contributed by atoms with van der Waals surface area (Å²) in [6, 6.07) is 1.71. The van der Waals surface area contributed by atoms with Gasteiger partial charge in [0, 0.05) is 19.0 Å². The Morgan fingerprint density at radius 3 is 3.00 bits per heavy atom. The number of furan rings is 1. The van der Waals surface area contributed by atoms with Gasteiger partial charge in [0.15, 0.2) is 0 Å². The van der Waals surface area contributed by atoms with Crippen LogP contribution in [-0.4, -0.2) is 28.9 Å². The van der Waals surface area contributed by atoms with E-state index in [4.69, 9.17) is 22.4 Å². The maximum atomic E-state index is 12.2. The molecule has 0 radical (unpaired) electrons. The molecular weight excluding hydrogens is 236 g/mol. The van der Waals surface area contributed by atoms with E-state index in [-0.39, 0.29) is 11.8 Å². The molecule has 1 aromatic rings. The minimum Gasteiger partial charge on any atom is -0.469 e. The molecule has 1 aromatic heterocycles. The second-order valence-electron chi connectivity index (χ2n) is 4.38. The number of likely N-dealkylation sites (tertiary alicyclic amines) is 1. The van der Waals surface area contributed by atoms with E-state index in [1.807, 2.05) is 4.90 Å². The minimum atomic E-state index is 0.0113. The minimum absolute atomic E-state index is 0.0113. The second-order valence-corrected chi connectivity index (χ2v) is 4.85. The fraction of sp³-hybridized carbons (Fsp3) is 0.500. The Kier molecular flexibility index (Phi) is 3.47. The fourth-order valence-electron chi connectivity index (χ4n) is 2.17. The maximum absolute atomic E-state index is 12.2. The smallest absolute Gasteiger partial charge is 0.257 e. The van der Waals surface area contributed by atoms with Crippen molar-refractivity contribution in [3.05, 3.63) is 23.7 Å². The van der Waals surface area contributed by atoms with Gasteiger partial charge in [-0.2, -0.15) is 0 Å². The molecule has 1 aliphatic rings. The summed E-state index contributed by atoms with van der Waals surface area (Å²) in [6.45, 7) is 3.18. The molecule has 1 saturated heterocycles. The topological polar surface area (TPSA) is 59.5 Å². The number of thiocarbonyl (C=S) groups is 1. The third kappa shape index (κ3) is 2.49. The van der Waals surface area contributed by atoms with Crippen molar-refractivity contribution in [2.24, 2.45) is 11.7 Å². The summed E-state index contributed by atoms with van der Waals surface area (Å²) in [5, 5.41) is 0. The van der Waals surface area contributed by atoms with Gasteiger partial charge in [0.05, 0.1) is 16.8 Å². The standard InChI is InChI=1S/C12H16N2O2S/c1-8-10(4-6-16-8)12(15)14-5-2-3-9(7-14)11(13)17/h4,6,9H,2-3,5,7H2,1H3,(H2,13,17). The summed E-state index contributed by atoms with van der Waals surface area (Å²) >= 11 is 5.00. The van der Waals surface area contributed by atoms with Crippen LogP contribution in [0.3, 0.4) is 0 Å². The van der Waals surface area contributed by atoms with Crippen LogP contribution in [0, 0.1) is 12.8 Å². The van der Waals surface area contributed by atoms with Crippen LogP contribution in [-0.2, 0) is 0 Å². The summed E-state index contributed by atoms with van der Waals surface area (Å²) < 4.78 is 5.15. The first-order chi connectivity index (χ1) is 8.09. The number of carbonyl (C=O) groups excluding carboxylic acids is 1. The predicted molar refractivity (Wildman–Crippen MR) is 68.9 cm³/mol. The first-order valence-electron chi connectivity index (χ1n) is 5.72. The number of nitrogens with two attached hydrogens (primary N) is 1. The van der Waals surface area contributed by atoms with Crippen LogP contribution in [0.5, 0.6) is 0 Å². The van der Waals surface area contributed by atoms with Crippen LogP contribution in [0.4, 0.5) is 0 Å². The Morgan fingerprint density at radius 2 is 2.41 bits per heavy atom. The number of carbonyl (C=O) groups is 1. The van der Waals surface area contributed by atoms with E-state index in [2.05, 4.69) is 0 Å². The van der Waals surface area contributed by atoms with Crippen LogP contribution in [0.25, 0.3) is 0 Å². The van der Waals surface area contributed by atoms with E-state index in [0.717, 1.165) is 19.4 Å². The van der Waals surface area contributed by atoms with Crippen molar-refractivity contribution in [1.29, 1.82) is 0 Å². The zero-order chi connectivity index (χ0) is 12.4. The molecule has 5 heteroatoms. The Labute approximate surface area is 106 Å². The predicted octanol–water partition coefficient (Wildman–Crippen LogP) is 1.73. The van der Waals surface area contributed by atoms with Crippen LogP contribution in [0.15, 0.2) is 16.7 Å². The Balaban J connectivity index is 2.10. The molecule has 1 aliphatic heterocycles. The molecule has 1 fully saturated rings. The number of nitrogens with zero attached hydrogens (tertiary/aromatic N) is 1. The van der Waals surface area contributed by atoms with Crippen LogP contribution in [0.1, 0.15) is 29.0 Å². The highest BCUT2D eigenvalue weighted by Crippen LogP contribution is 2.20. The van der Waals surface area contributed by atoms with Crippen molar-refractivity contribution in [2.75, 3.05) is 13.1 Å². The van der Waals surface area contributed by atoms with E-state index < -0.39 is 0 Å². The molecule has 0 aromatic carbocycles. The van der Waals surface area contributed by atoms with E-state index >= 15 is 0 Å². The molecule has 1 unspecified atom stereocenters. The van der Waals surface area contributed by atoms with Gasteiger partial charge >= 0.3 is 0 Å². The average molecular weight is 252 g/mol. The fourth-order valence-corrected chi connectivity index (χ4v) is 2.36. The highest BCUT2D eigenvalue weighted by Gasteiger charge is 2.27. The third-order valence-corrected chi connectivity index (χ3v) is 3.53. The monoisotopic (exact) mass is 252 g/mol. The van der Waals surface area contributed by atoms with Gasteiger partial charge in [0.1, 0.15) is 5.76 Å². The van der Waals surface area contributed by atoms with E-state index in [0.29, 0.717) is 22.9 Å². The Bertz CT molecular complexity index is 441. The summed E-state index contributed by atoms with van der Waals surface area (Å²) in [7, 11) is 0.